The fourth-order valence-electron chi connectivity index (χ4n) is 3.39. The first-order valence-electron chi connectivity index (χ1n) is 9.36. The van der Waals surface area contributed by atoms with Gasteiger partial charge in [-0.2, -0.15) is 0 Å². The number of rotatable bonds is 5. The number of anilines is 2. The van der Waals surface area contributed by atoms with E-state index in [1.165, 1.54) is 12.8 Å². The number of para-hydroxylation sites is 2. The second-order valence-electron chi connectivity index (χ2n) is 6.69. The van der Waals surface area contributed by atoms with Gasteiger partial charge in [0.2, 0.25) is 0 Å². The normalized spacial score (nSPS) is 13.4. The average molecular weight is 374 g/mol. The lowest BCUT2D eigenvalue weighted by Crippen LogP contribution is -2.19. The summed E-state index contributed by atoms with van der Waals surface area (Å²) in [6.07, 6.45) is 3.97. The lowest BCUT2D eigenvalue weighted by Gasteiger charge is -2.16. The molecule has 0 atom stereocenters. The Hall–Kier alpha value is -3.41. The Kier molecular flexibility index (Phi) is 5.19. The van der Waals surface area contributed by atoms with Crippen molar-refractivity contribution in [3.8, 4) is 17.0 Å². The van der Waals surface area contributed by atoms with Gasteiger partial charge in [-0.1, -0.05) is 24.3 Å². The Morgan fingerprint density at radius 1 is 1.04 bits per heavy atom. The predicted octanol–water partition coefficient (Wildman–Crippen LogP) is 4.00. The molecule has 0 radical (unpaired) electrons. The van der Waals surface area contributed by atoms with E-state index in [2.05, 4.69) is 20.2 Å². The van der Waals surface area contributed by atoms with Crippen molar-refractivity contribution in [3.63, 3.8) is 0 Å². The summed E-state index contributed by atoms with van der Waals surface area (Å²) >= 11 is 0. The molecule has 4 rings (SSSR count). The zero-order valence-electron chi connectivity index (χ0n) is 15.8. The van der Waals surface area contributed by atoms with E-state index in [-0.39, 0.29) is 5.91 Å². The molecule has 6 heteroatoms. The summed E-state index contributed by atoms with van der Waals surface area (Å²) in [5.41, 5.74) is 2.89. The first-order chi connectivity index (χ1) is 13.7. The number of amides is 1. The molecular formula is C22H22N4O2. The van der Waals surface area contributed by atoms with Crippen LogP contribution in [-0.4, -0.2) is 36.1 Å². The Morgan fingerprint density at radius 3 is 2.68 bits per heavy atom. The van der Waals surface area contributed by atoms with Crippen LogP contribution in [0.4, 0.5) is 11.5 Å². The fourth-order valence-corrected chi connectivity index (χ4v) is 3.39. The zero-order chi connectivity index (χ0) is 19.3. The van der Waals surface area contributed by atoms with Crippen molar-refractivity contribution in [2.45, 2.75) is 12.8 Å². The van der Waals surface area contributed by atoms with Crippen molar-refractivity contribution in [3.05, 3.63) is 66.5 Å². The number of carbonyl (C=O) groups is 1. The molecule has 0 aliphatic carbocycles. The van der Waals surface area contributed by atoms with E-state index in [0.717, 1.165) is 30.2 Å². The fraction of sp³-hybridized carbons (Fsp3) is 0.227. The molecule has 0 unspecified atom stereocenters. The number of methoxy groups -OCH3 is 1. The number of nitrogens with one attached hydrogen (secondary N) is 1. The molecule has 1 aliphatic heterocycles. The number of hydrogen-bond acceptors (Lipinski definition) is 5. The molecule has 3 aromatic rings. The number of hydrogen-bond donors (Lipinski definition) is 1. The smallest absolute Gasteiger partial charge is 0.255 e. The Balaban J connectivity index is 1.58. The van der Waals surface area contributed by atoms with Crippen molar-refractivity contribution in [2.75, 3.05) is 30.4 Å². The summed E-state index contributed by atoms with van der Waals surface area (Å²) in [4.78, 5) is 23.8. The van der Waals surface area contributed by atoms with E-state index in [1.807, 2.05) is 48.5 Å². The maximum absolute atomic E-state index is 12.7. The minimum atomic E-state index is -0.194. The number of aromatic nitrogens is 2. The van der Waals surface area contributed by atoms with Gasteiger partial charge in [0.05, 0.1) is 18.5 Å². The molecule has 2 aromatic carbocycles. The van der Waals surface area contributed by atoms with Crippen LogP contribution in [0.2, 0.25) is 0 Å². The molecule has 1 N–H and O–H groups in total. The van der Waals surface area contributed by atoms with Crippen LogP contribution >= 0.6 is 0 Å². The minimum Gasteiger partial charge on any atom is -0.495 e. The van der Waals surface area contributed by atoms with Crippen LogP contribution in [0.5, 0.6) is 5.75 Å². The number of carbonyl (C=O) groups excluding carboxylic acids is 1. The van der Waals surface area contributed by atoms with Crippen LogP contribution in [0.1, 0.15) is 23.2 Å². The molecule has 1 fully saturated rings. The molecule has 28 heavy (non-hydrogen) atoms. The van der Waals surface area contributed by atoms with Gasteiger partial charge in [-0.15, -0.1) is 0 Å². The monoisotopic (exact) mass is 374 g/mol. The van der Waals surface area contributed by atoms with Crippen molar-refractivity contribution in [2.24, 2.45) is 0 Å². The van der Waals surface area contributed by atoms with Gasteiger partial charge in [0, 0.05) is 30.3 Å². The molecule has 6 nitrogen and oxygen atoms in total. The molecule has 1 aliphatic rings. The van der Waals surface area contributed by atoms with Gasteiger partial charge in [0.15, 0.2) is 0 Å². The van der Waals surface area contributed by atoms with Crippen molar-refractivity contribution in [1.29, 1.82) is 0 Å². The first-order valence-corrected chi connectivity index (χ1v) is 9.36. The number of ether oxygens (including phenoxy) is 1. The third kappa shape index (κ3) is 3.81. The van der Waals surface area contributed by atoms with Crippen molar-refractivity contribution in [1.82, 2.24) is 9.97 Å². The minimum absolute atomic E-state index is 0.194. The molecule has 0 bridgehead atoms. The first kappa shape index (κ1) is 18.0. The summed E-state index contributed by atoms with van der Waals surface area (Å²) in [6, 6.07) is 16.8. The zero-order valence-corrected chi connectivity index (χ0v) is 15.8. The Labute approximate surface area is 164 Å². The summed E-state index contributed by atoms with van der Waals surface area (Å²) in [6.45, 7) is 2.05. The molecule has 142 valence electrons. The molecular weight excluding hydrogens is 352 g/mol. The predicted molar refractivity (Wildman–Crippen MR) is 110 cm³/mol. The van der Waals surface area contributed by atoms with Gasteiger partial charge < -0.3 is 15.0 Å². The highest BCUT2D eigenvalue weighted by Crippen LogP contribution is 2.26. The van der Waals surface area contributed by atoms with E-state index in [9.17, 15) is 4.79 Å². The van der Waals surface area contributed by atoms with E-state index in [0.29, 0.717) is 17.0 Å². The highest BCUT2D eigenvalue weighted by Gasteiger charge is 2.15. The van der Waals surface area contributed by atoms with E-state index >= 15 is 0 Å². The lowest BCUT2D eigenvalue weighted by molar-refractivity contribution is 0.102. The molecule has 1 amide bonds. The van der Waals surface area contributed by atoms with E-state index in [1.54, 1.807) is 19.5 Å². The summed E-state index contributed by atoms with van der Waals surface area (Å²) in [5.74, 6) is 1.37. The highest BCUT2D eigenvalue weighted by molar-refractivity contribution is 6.05. The number of benzene rings is 2. The van der Waals surface area contributed by atoms with Crippen LogP contribution in [-0.2, 0) is 0 Å². The quantitative estimate of drug-likeness (QED) is 0.731. The van der Waals surface area contributed by atoms with Gasteiger partial charge >= 0.3 is 0 Å². The second-order valence-corrected chi connectivity index (χ2v) is 6.69. The van der Waals surface area contributed by atoms with Crippen molar-refractivity contribution >= 4 is 17.4 Å². The van der Waals surface area contributed by atoms with Gasteiger partial charge in [-0.25, -0.2) is 9.97 Å². The van der Waals surface area contributed by atoms with Crippen LogP contribution in [0.15, 0.2) is 60.9 Å². The molecule has 1 aromatic heterocycles. The average Bonchev–Trinajstić information content (AvgIpc) is 3.29. The molecule has 0 saturated carbocycles. The summed E-state index contributed by atoms with van der Waals surface area (Å²) in [7, 11) is 1.58. The summed E-state index contributed by atoms with van der Waals surface area (Å²) < 4.78 is 5.30. The van der Waals surface area contributed by atoms with Gasteiger partial charge in [-0.3, -0.25) is 4.79 Å². The standard InChI is InChI=1S/C22H22N4O2/c1-28-20-10-3-2-9-18(20)25-22(27)17-8-6-7-16(13-17)19-14-21(24-15-23-19)26-11-4-5-12-26/h2-3,6-10,13-15H,4-5,11-12H2,1H3,(H,25,27). The Bertz CT molecular complexity index is 984. The number of nitrogens with zero attached hydrogens (tertiary/aromatic N) is 3. The van der Waals surface area contributed by atoms with E-state index in [4.69, 9.17) is 4.74 Å². The Morgan fingerprint density at radius 2 is 1.86 bits per heavy atom. The van der Waals surface area contributed by atoms with Crippen molar-refractivity contribution < 1.29 is 9.53 Å². The van der Waals surface area contributed by atoms with Crippen LogP contribution < -0.4 is 15.0 Å². The van der Waals surface area contributed by atoms with Crippen LogP contribution in [0.25, 0.3) is 11.3 Å². The molecule has 1 saturated heterocycles. The van der Waals surface area contributed by atoms with Crippen LogP contribution in [0.3, 0.4) is 0 Å². The van der Waals surface area contributed by atoms with Gasteiger partial charge in [0.25, 0.3) is 5.91 Å². The molecule has 2 heterocycles. The third-order valence-electron chi connectivity index (χ3n) is 4.86. The van der Waals surface area contributed by atoms with Gasteiger partial charge in [0.1, 0.15) is 17.9 Å². The van der Waals surface area contributed by atoms with Crippen LogP contribution in [0, 0.1) is 0 Å². The molecule has 0 spiro atoms. The maximum Gasteiger partial charge on any atom is 0.255 e. The SMILES string of the molecule is COc1ccccc1NC(=O)c1cccc(-c2cc(N3CCCC3)ncn2)c1. The largest absolute Gasteiger partial charge is 0.495 e. The summed E-state index contributed by atoms with van der Waals surface area (Å²) in [5, 5.41) is 2.91. The van der Waals surface area contributed by atoms with Gasteiger partial charge in [-0.05, 0) is 37.1 Å². The third-order valence-corrected chi connectivity index (χ3v) is 4.86. The topological polar surface area (TPSA) is 67.3 Å². The highest BCUT2D eigenvalue weighted by atomic mass is 16.5. The van der Waals surface area contributed by atoms with E-state index < -0.39 is 0 Å². The second kappa shape index (κ2) is 8.08. The maximum atomic E-state index is 12.7. The lowest BCUT2D eigenvalue weighted by atomic mass is 10.1.